The van der Waals surface area contributed by atoms with Crippen molar-refractivity contribution >= 4 is 27.6 Å². The third-order valence-electron chi connectivity index (χ3n) is 5.98. The molecule has 7 nitrogen and oxygen atoms in total. The normalized spacial score (nSPS) is 11.3. The molecule has 0 spiro atoms. The highest BCUT2D eigenvalue weighted by Crippen LogP contribution is 2.24. The summed E-state index contributed by atoms with van der Waals surface area (Å²) in [6, 6.07) is 28.4. The predicted molar refractivity (Wildman–Crippen MR) is 146 cm³/mol. The van der Waals surface area contributed by atoms with E-state index in [0.717, 1.165) is 11.1 Å². The maximum absolute atomic E-state index is 13.7. The number of benzene rings is 4. The zero-order valence-corrected chi connectivity index (χ0v) is 22.0. The maximum atomic E-state index is 13.7. The number of sulfonamides is 1. The number of amides is 1. The Balaban J connectivity index is 1.49. The van der Waals surface area contributed by atoms with Crippen molar-refractivity contribution in [1.29, 1.82) is 0 Å². The lowest BCUT2D eigenvalue weighted by Crippen LogP contribution is -2.30. The number of nitrogens with one attached hydrogen (secondary N) is 1. The van der Waals surface area contributed by atoms with Gasteiger partial charge in [-0.3, -0.25) is 10.1 Å². The summed E-state index contributed by atoms with van der Waals surface area (Å²) in [5.41, 5.74) is 2.23. The Morgan fingerprint density at radius 3 is 1.95 bits per heavy atom. The predicted octanol–water partition coefficient (Wildman–Crippen LogP) is 5.96. The topological polar surface area (TPSA) is 92.8 Å². The summed E-state index contributed by atoms with van der Waals surface area (Å²) >= 11 is 0. The Kier molecular flexibility index (Phi) is 8.85. The summed E-state index contributed by atoms with van der Waals surface area (Å²) in [6.45, 7) is 1.36. The van der Waals surface area contributed by atoms with Crippen molar-refractivity contribution in [2.24, 2.45) is 0 Å². The van der Waals surface area contributed by atoms with Crippen LogP contribution in [-0.2, 0) is 27.8 Å². The fourth-order valence-electron chi connectivity index (χ4n) is 3.98. The van der Waals surface area contributed by atoms with E-state index in [1.165, 1.54) is 40.7 Å². The molecule has 1 amide bonds. The lowest BCUT2D eigenvalue weighted by Gasteiger charge is -2.23. The number of halogens is 1. The van der Waals surface area contributed by atoms with Crippen molar-refractivity contribution in [2.75, 3.05) is 11.9 Å². The molecule has 0 aromatic heterocycles. The molecule has 0 aliphatic carbocycles. The van der Waals surface area contributed by atoms with Gasteiger partial charge in [-0.05, 0) is 53.9 Å². The number of anilines is 1. The number of nitrogens with zero attached hydrogens (tertiary/aromatic N) is 1. The van der Waals surface area contributed by atoms with Crippen LogP contribution in [0.25, 0.3) is 0 Å². The Morgan fingerprint density at radius 1 is 0.821 bits per heavy atom. The lowest BCUT2D eigenvalue weighted by atomic mass is 10.1. The van der Waals surface area contributed by atoms with Gasteiger partial charge in [0.2, 0.25) is 15.8 Å². The molecule has 1 N–H and O–H groups in total. The molecule has 0 saturated heterocycles. The first kappa shape index (κ1) is 27.7. The molecule has 39 heavy (non-hydrogen) atoms. The van der Waals surface area contributed by atoms with Crippen LogP contribution in [0.4, 0.5) is 14.9 Å². The quantitative estimate of drug-likeness (QED) is 0.248. The molecule has 0 heterocycles. The number of carbonyl (C=O) groups excluding carboxylic acids is 2. The molecule has 9 heteroatoms. The molecule has 4 rings (SSSR count). The molecule has 200 valence electrons. The lowest BCUT2D eigenvalue weighted by molar-refractivity contribution is 0.0862. The molecule has 4 aromatic rings. The van der Waals surface area contributed by atoms with E-state index < -0.39 is 34.3 Å². The molecular formula is C30H27FN2O5S. The average Bonchev–Trinajstić information content (AvgIpc) is 2.93. The van der Waals surface area contributed by atoms with E-state index in [2.05, 4.69) is 5.32 Å². The first-order valence-corrected chi connectivity index (χ1v) is 13.6. The second-order valence-corrected chi connectivity index (χ2v) is 10.8. The Hall–Kier alpha value is -4.34. The van der Waals surface area contributed by atoms with Crippen LogP contribution in [0.3, 0.4) is 0 Å². The second kappa shape index (κ2) is 12.5. The number of Topliss-reactive ketones (excluding diaryl/α,β-unsaturated/α-hetero) is 1. The zero-order valence-electron chi connectivity index (χ0n) is 21.2. The van der Waals surface area contributed by atoms with Crippen LogP contribution in [0.1, 0.15) is 27.0 Å². The van der Waals surface area contributed by atoms with Crippen molar-refractivity contribution < 1.29 is 27.1 Å². The fraction of sp³-hybridized carbons (Fsp3) is 0.133. The van der Waals surface area contributed by atoms with Gasteiger partial charge in [-0.15, -0.1) is 0 Å². The van der Waals surface area contributed by atoms with Gasteiger partial charge in [-0.2, -0.15) is 4.31 Å². The van der Waals surface area contributed by atoms with Gasteiger partial charge in [-0.25, -0.2) is 17.6 Å². The van der Waals surface area contributed by atoms with Crippen molar-refractivity contribution in [3.8, 4) is 0 Å². The molecule has 0 saturated carbocycles. The summed E-state index contributed by atoms with van der Waals surface area (Å²) < 4.78 is 47.5. The third-order valence-corrected chi connectivity index (χ3v) is 7.77. The first-order valence-electron chi connectivity index (χ1n) is 12.1. The van der Waals surface area contributed by atoms with Crippen molar-refractivity contribution in [3.05, 3.63) is 131 Å². The minimum absolute atomic E-state index is 0.0432. The molecule has 4 aromatic carbocycles. The molecule has 0 unspecified atom stereocenters. The van der Waals surface area contributed by atoms with E-state index in [-0.39, 0.29) is 29.2 Å². The number of para-hydroxylation sites is 1. The van der Waals surface area contributed by atoms with Crippen LogP contribution in [0.5, 0.6) is 0 Å². The number of ketones is 1. The highest BCUT2D eigenvalue weighted by Gasteiger charge is 2.26. The van der Waals surface area contributed by atoms with E-state index in [9.17, 15) is 22.4 Å². The van der Waals surface area contributed by atoms with Crippen LogP contribution < -0.4 is 5.32 Å². The minimum Gasteiger partial charge on any atom is -0.441 e. The number of ether oxygens (including phenoxy) is 1. The van der Waals surface area contributed by atoms with E-state index in [0.29, 0.717) is 5.56 Å². The van der Waals surface area contributed by atoms with Gasteiger partial charge >= 0.3 is 6.09 Å². The zero-order chi connectivity index (χ0) is 27.8. The number of aryl methyl sites for hydroxylation is 1. The summed E-state index contributed by atoms with van der Waals surface area (Å²) in [5.74, 6) is -1.16. The fourth-order valence-corrected chi connectivity index (χ4v) is 5.48. The molecular weight excluding hydrogens is 519 g/mol. The van der Waals surface area contributed by atoms with E-state index in [1.807, 2.05) is 60.7 Å². The monoisotopic (exact) mass is 546 g/mol. The largest absolute Gasteiger partial charge is 0.441 e. The van der Waals surface area contributed by atoms with Crippen molar-refractivity contribution in [2.45, 2.75) is 24.9 Å². The van der Waals surface area contributed by atoms with E-state index in [1.54, 1.807) is 13.0 Å². The Bertz CT molecular complexity index is 1520. The van der Waals surface area contributed by atoms with Crippen LogP contribution in [0.2, 0.25) is 0 Å². The first-order chi connectivity index (χ1) is 18.7. The van der Waals surface area contributed by atoms with E-state index in [4.69, 9.17) is 4.74 Å². The Labute approximate surface area is 226 Å². The van der Waals surface area contributed by atoms with Gasteiger partial charge in [0.25, 0.3) is 0 Å². The molecule has 0 atom stereocenters. The second-order valence-electron chi connectivity index (χ2n) is 8.83. The van der Waals surface area contributed by atoms with Crippen LogP contribution in [-0.4, -0.2) is 31.2 Å². The molecule has 0 fully saturated rings. The maximum Gasteiger partial charge on any atom is 0.412 e. The van der Waals surface area contributed by atoms with Gasteiger partial charge in [-0.1, -0.05) is 72.8 Å². The standard InChI is InChI=1S/C30H27FN2O5S/c1-22-18-25(16-17-26(22)29(34)21-38-30(35)32-28-15-9-8-14-27(28)31)39(36,37)33(19-23-10-4-2-5-11-23)20-24-12-6-3-7-13-24/h2-18H,19-21H2,1H3,(H,32,35). The molecule has 0 radical (unpaired) electrons. The van der Waals surface area contributed by atoms with E-state index >= 15 is 0 Å². The van der Waals surface area contributed by atoms with Gasteiger partial charge < -0.3 is 4.74 Å². The van der Waals surface area contributed by atoms with Gasteiger partial charge in [0.05, 0.1) is 10.6 Å². The smallest absolute Gasteiger partial charge is 0.412 e. The molecule has 0 bridgehead atoms. The summed E-state index contributed by atoms with van der Waals surface area (Å²) in [5, 5.41) is 2.24. The molecule has 0 aliphatic rings. The molecule has 0 aliphatic heterocycles. The number of carbonyl (C=O) groups is 2. The number of rotatable bonds is 10. The highest BCUT2D eigenvalue weighted by molar-refractivity contribution is 7.89. The Morgan fingerprint density at radius 2 is 1.38 bits per heavy atom. The van der Waals surface area contributed by atoms with Crippen LogP contribution in [0, 0.1) is 12.7 Å². The third kappa shape index (κ3) is 7.16. The van der Waals surface area contributed by atoms with Crippen molar-refractivity contribution in [1.82, 2.24) is 4.31 Å². The summed E-state index contributed by atoms with van der Waals surface area (Å²) in [4.78, 5) is 24.8. The minimum atomic E-state index is -3.94. The van der Waals surface area contributed by atoms with Crippen molar-refractivity contribution in [3.63, 3.8) is 0 Å². The van der Waals surface area contributed by atoms with Crippen LogP contribution >= 0.6 is 0 Å². The number of hydrogen-bond donors (Lipinski definition) is 1. The highest BCUT2D eigenvalue weighted by atomic mass is 32.2. The average molecular weight is 547 g/mol. The van der Waals surface area contributed by atoms with Gasteiger partial charge in [0.1, 0.15) is 5.82 Å². The van der Waals surface area contributed by atoms with Crippen LogP contribution in [0.15, 0.2) is 108 Å². The summed E-state index contributed by atoms with van der Waals surface area (Å²) in [6.07, 6.45) is -0.984. The van der Waals surface area contributed by atoms with Gasteiger partial charge in [0, 0.05) is 18.7 Å². The summed E-state index contributed by atoms with van der Waals surface area (Å²) in [7, 11) is -3.94. The van der Waals surface area contributed by atoms with Gasteiger partial charge in [0.15, 0.2) is 6.61 Å². The number of hydrogen-bond acceptors (Lipinski definition) is 5. The SMILES string of the molecule is Cc1cc(S(=O)(=O)N(Cc2ccccc2)Cc2ccccc2)ccc1C(=O)COC(=O)Nc1ccccc1F.